The number of carbonyl (C=O) groups excluding carboxylic acids is 2. The van der Waals surface area contributed by atoms with Gasteiger partial charge < -0.3 is 10.1 Å². The number of carbonyl (C=O) groups is 2. The molecule has 128 valence electrons. The number of nitrogens with one attached hydrogen (secondary N) is 1. The fraction of sp³-hybridized carbons (Fsp3) is 0.211. The molecule has 0 unspecified atom stereocenters. The summed E-state index contributed by atoms with van der Waals surface area (Å²) in [6.07, 6.45) is 2.44. The first-order valence-corrected chi connectivity index (χ1v) is 8.02. The van der Waals surface area contributed by atoms with Crippen molar-refractivity contribution >= 4 is 23.2 Å². The van der Waals surface area contributed by atoms with E-state index in [9.17, 15) is 9.59 Å². The number of fused-ring (bicyclic) bond motifs is 1. The highest BCUT2D eigenvalue weighted by Crippen LogP contribution is 2.21. The van der Waals surface area contributed by atoms with Crippen molar-refractivity contribution in [2.75, 3.05) is 12.4 Å². The first-order valence-electron chi connectivity index (χ1n) is 8.02. The molecule has 0 aliphatic rings. The van der Waals surface area contributed by atoms with Crippen molar-refractivity contribution in [3.05, 3.63) is 65.1 Å². The Morgan fingerprint density at radius 2 is 1.96 bits per heavy atom. The highest BCUT2D eigenvalue weighted by atomic mass is 16.5. The highest BCUT2D eigenvalue weighted by Gasteiger charge is 2.21. The summed E-state index contributed by atoms with van der Waals surface area (Å²) in [6.45, 7) is 3.91. The number of imidazole rings is 1. The van der Waals surface area contributed by atoms with E-state index in [1.807, 2.05) is 32.2 Å². The lowest BCUT2D eigenvalue weighted by atomic mass is 10.1. The van der Waals surface area contributed by atoms with Crippen molar-refractivity contribution in [1.82, 2.24) is 9.38 Å². The highest BCUT2D eigenvalue weighted by molar-refractivity contribution is 6.08. The number of esters is 1. The topological polar surface area (TPSA) is 72.7 Å². The van der Waals surface area contributed by atoms with Gasteiger partial charge in [-0.15, -0.1) is 0 Å². The van der Waals surface area contributed by atoms with Gasteiger partial charge in [0.05, 0.1) is 24.1 Å². The molecule has 2 heterocycles. The van der Waals surface area contributed by atoms with E-state index in [0.717, 1.165) is 11.2 Å². The molecule has 0 fully saturated rings. The smallest absolute Gasteiger partial charge is 0.339 e. The van der Waals surface area contributed by atoms with E-state index in [4.69, 9.17) is 4.74 Å². The Morgan fingerprint density at radius 1 is 1.20 bits per heavy atom. The molecular weight excluding hydrogens is 318 g/mol. The third-order valence-electron chi connectivity index (χ3n) is 4.05. The van der Waals surface area contributed by atoms with E-state index < -0.39 is 5.97 Å². The van der Waals surface area contributed by atoms with E-state index in [0.29, 0.717) is 29.1 Å². The van der Waals surface area contributed by atoms with E-state index in [1.54, 1.807) is 28.7 Å². The number of amides is 1. The van der Waals surface area contributed by atoms with Gasteiger partial charge in [-0.2, -0.15) is 0 Å². The summed E-state index contributed by atoms with van der Waals surface area (Å²) >= 11 is 0. The van der Waals surface area contributed by atoms with Crippen molar-refractivity contribution < 1.29 is 14.3 Å². The largest absolute Gasteiger partial charge is 0.465 e. The second kappa shape index (κ2) is 6.76. The number of hydrogen-bond acceptors (Lipinski definition) is 4. The Hall–Kier alpha value is -3.15. The molecule has 0 aliphatic heterocycles. The van der Waals surface area contributed by atoms with E-state index >= 15 is 0 Å². The number of aryl methyl sites for hydroxylation is 2. The number of benzene rings is 1. The Labute approximate surface area is 145 Å². The van der Waals surface area contributed by atoms with Crippen LogP contribution in [0.2, 0.25) is 0 Å². The summed E-state index contributed by atoms with van der Waals surface area (Å²) in [5.41, 5.74) is 3.64. The summed E-state index contributed by atoms with van der Waals surface area (Å²) in [7, 11) is 1.31. The zero-order valence-corrected chi connectivity index (χ0v) is 14.4. The van der Waals surface area contributed by atoms with E-state index in [2.05, 4.69) is 10.3 Å². The minimum atomic E-state index is -0.499. The average Bonchev–Trinajstić information content (AvgIpc) is 3.01. The predicted octanol–water partition coefficient (Wildman–Crippen LogP) is 3.24. The number of hydrogen-bond donors (Lipinski definition) is 1. The lowest BCUT2D eigenvalue weighted by Crippen LogP contribution is -2.18. The Bertz CT molecular complexity index is 960. The zero-order valence-electron chi connectivity index (χ0n) is 14.4. The van der Waals surface area contributed by atoms with Gasteiger partial charge in [-0.25, -0.2) is 9.78 Å². The molecule has 0 radical (unpaired) electrons. The maximum atomic E-state index is 12.9. The SMILES string of the molecule is CCc1nc2c(C)cccn2c1C(=O)Nc1ccccc1C(=O)OC. The summed E-state index contributed by atoms with van der Waals surface area (Å²) in [6, 6.07) is 10.6. The van der Waals surface area contributed by atoms with Gasteiger partial charge in [0.25, 0.3) is 5.91 Å². The molecule has 2 aromatic heterocycles. The second-order valence-corrected chi connectivity index (χ2v) is 5.64. The first kappa shape index (κ1) is 16.7. The van der Waals surface area contributed by atoms with Crippen LogP contribution in [0.25, 0.3) is 5.65 Å². The molecule has 1 amide bonds. The molecule has 1 N–H and O–H groups in total. The molecule has 0 saturated heterocycles. The van der Waals surface area contributed by atoms with E-state index in [1.165, 1.54) is 7.11 Å². The molecule has 6 heteroatoms. The standard InChI is InChI=1S/C19H19N3O3/c1-4-14-16(22-11-7-8-12(2)17(22)20-14)18(23)21-15-10-6-5-9-13(15)19(24)25-3/h5-11H,4H2,1-3H3,(H,21,23). The van der Waals surface area contributed by atoms with Crippen molar-refractivity contribution in [3.63, 3.8) is 0 Å². The molecule has 0 aliphatic carbocycles. The third kappa shape index (κ3) is 2.98. The number of ether oxygens (including phenoxy) is 1. The zero-order chi connectivity index (χ0) is 18.0. The third-order valence-corrected chi connectivity index (χ3v) is 4.05. The van der Waals surface area contributed by atoms with Crippen molar-refractivity contribution in [3.8, 4) is 0 Å². The molecule has 25 heavy (non-hydrogen) atoms. The van der Waals surface area contributed by atoms with Gasteiger partial charge >= 0.3 is 5.97 Å². The number of para-hydroxylation sites is 1. The van der Waals surface area contributed by atoms with Crippen LogP contribution in [0.15, 0.2) is 42.6 Å². The number of nitrogens with zero attached hydrogens (tertiary/aromatic N) is 2. The summed E-state index contributed by atoms with van der Waals surface area (Å²) in [5.74, 6) is -0.813. The van der Waals surface area contributed by atoms with Crippen molar-refractivity contribution in [2.24, 2.45) is 0 Å². The fourth-order valence-corrected chi connectivity index (χ4v) is 2.80. The molecular formula is C19H19N3O3. The van der Waals surface area contributed by atoms with Crippen LogP contribution >= 0.6 is 0 Å². The minimum absolute atomic E-state index is 0.307. The molecule has 3 rings (SSSR count). The van der Waals surface area contributed by atoms with Gasteiger partial charge in [0.2, 0.25) is 0 Å². The van der Waals surface area contributed by atoms with Gasteiger partial charge in [-0.05, 0) is 37.1 Å². The molecule has 3 aromatic rings. The van der Waals surface area contributed by atoms with Crippen LogP contribution in [-0.4, -0.2) is 28.4 Å². The number of pyridine rings is 1. The molecule has 0 spiro atoms. The average molecular weight is 337 g/mol. The summed E-state index contributed by atoms with van der Waals surface area (Å²) in [5, 5.41) is 2.81. The number of anilines is 1. The maximum absolute atomic E-state index is 12.9. The number of methoxy groups -OCH3 is 1. The lowest BCUT2D eigenvalue weighted by Gasteiger charge is -2.10. The predicted molar refractivity (Wildman–Crippen MR) is 95.0 cm³/mol. The molecule has 6 nitrogen and oxygen atoms in total. The van der Waals surface area contributed by atoms with Crippen molar-refractivity contribution in [2.45, 2.75) is 20.3 Å². The first-order chi connectivity index (χ1) is 12.1. The van der Waals surface area contributed by atoms with Gasteiger partial charge in [0.15, 0.2) is 0 Å². The van der Waals surface area contributed by atoms with Crippen LogP contribution in [0.4, 0.5) is 5.69 Å². The van der Waals surface area contributed by atoms with Gasteiger partial charge in [-0.1, -0.05) is 25.1 Å². The normalized spacial score (nSPS) is 10.7. The van der Waals surface area contributed by atoms with Crippen LogP contribution in [0.3, 0.4) is 0 Å². The van der Waals surface area contributed by atoms with Gasteiger partial charge in [-0.3, -0.25) is 9.20 Å². The maximum Gasteiger partial charge on any atom is 0.339 e. The number of aromatic nitrogens is 2. The Kier molecular flexibility index (Phi) is 4.52. The second-order valence-electron chi connectivity index (χ2n) is 5.64. The Morgan fingerprint density at radius 3 is 2.68 bits per heavy atom. The van der Waals surface area contributed by atoms with Crippen LogP contribution in [0.5, 0.6) is 0 Å². The quantitative estimate of drug-likeness (QED) is 0.742. The van der Waals surface area contributed by atoms with Crippen LogP contribution in [0, 0.1) is 6.92 Å². The monoisotopic (exact) mass is 337 g/mol. The van der Waals surface area contributed by atoms with E-state index in [-0.39, 0.29) is 5.91 Å². The number of rotatable bonds is 4. The summed E-state index contributed by atoms with van der Waals surface area (Å²) in [4.78, 5) is 29.4. The molecule has 0 atom stereocenters. The van der Waals surface area contributed by atoms with Crippen LogP contribution in [-0.2, 0) is 11.2 Å². The van der Waals surface area contributed by atoms with Gasteiger partial charge in [0, 0.05) is 6.20 Å². The van der Waals surface area contributed by atoms with Crippen LogP contribution < -0.4 is 5.32 Å². The van der Waals surface area contributed by atoms with Crippen molar-refractivity contribution in [1.29, 1.82) is 0 Å². The van der Waals surface area contributed by atoms with Crippen LogP contribution in [0.1, 0.15) is 39.0 Å². The molecule has 1 aromatic carbocycles. The fourth-order valence-electron chi connectivity index (χ4n) is 2.80. The summed E-state index contributed by atoms with van der Waals surface area (Å²) < 4.78 is 6.55. The Balaban J connectivity index is 2.05. The lowest BCUT2D eigenvalue weighted by molar-refractivity contribution is 0.0602. The molecule has 0 bridgehead atoms. The minimum Gasteiger partial charge on any atom is -0.465 e. The molecule has 0 saturated carbocycles. The van der Waals surface area contributed by atoms with Gasteiger partial charge in [0.1, 0.15) is 11.3 Å².